The van der Waals surface area contributed by atoms with Crippen LogP contribution in [0.3, 0.4) is 0 Å². The standard InChI is InChI=1S/C12H19N/c1-8(10-4-5-10)13-12-7-9-2-3-11(12)6-9/h2-3,8-13H,4-7H2,1H3/t8?,9-,11+,12?/m1/s1. The lowest BCUT2D eigenvalue weighted by molar-refractivity contribution is 0.376. The van der Waals surface area contributed by atoms with E-state index in [-0.39, 0.29) is 0 Å². The van der Waals surface area contributed by atoms with Gasteiger partial charge >= 0.3 is 0 Å². The third-order valence-electron chi connectivity index (χ3n) is 4.08. The molecule has 0 amide bonds. The normalized spacial score (nSPS) is 44.2. The van der Waals surface area contributed by atoms with Crippen molar-refractivity contribution >= 4 is 0 Å². The highest BCUT2D eigenvalue weighted by Crippen LogP contribution is 2.40. The first-order valence-corrected chi connectivity index (χ1v) is 5.77. The molecule has 2 unspecified atom stereocenters. The Bertz CT molecular complexity index is 229. The Kier molecular flexibility index (Phi) is 1.76. The van der Waals surface area contributed by atoms with Gasteiger partial charge in [-0.2, -0.15) is 0 Å². The van der Waals surface area contributed by atoms with Crippen LogP contribution in [-0.4, -0.2) is 12.1 Å². The summed E-state index contributed by atoms with van der Waals surface area (Å²) in [4.78, 5) is 0. The maximum Gasteiger partial charge on any atom is 0.0138 e. The zero-order valence-corrected chi connectivity index (χ0v) is 8.37. The summed E-state index contributed by atoms with van der Waals surface area (Å²) in [6.45, 7) is 2.37. The van der Waals surface area contributed by atoms with Crippen LogP contribution >= 0.6 is 0 Å². The monoisotopic (exact) mass is 177 g/mol. The van der Waals surface area contributed by atoms with Gasteiger partial charge < -0.3 is 5.32 Å². The second-order valence-corrected chi connectivity index (χ2v) is 5.18. The van der Waals surface area contributed by atoms with Crippen LogP contribution in [0, 0.1) is 17.8 Å². The van der Waals surface area contributed by atoms with Crippen LogP contribution in [-0.2, 0) is 0 Å². The van der Waals surface area contributed by atoms with E-state index in [1.165, 1.54) is 25.7 Å². The predicted octanol–water partition coefficient (Wildman–Crippen LogP) is 2.34. The smallest absolute Gasteiger partial charge is 0.0138 e. The molecule has 4 atom stereocenters. The van der Waals surface area contributed by atoms with Gasteiger partial charge in [0.05, 0.1) is 0 Å². The Balaban J connectivity index is 1.58. The summed E-state index contributed by atoms with van der Waals surface area (Å²) in [6.07, 6.45) is 10.6. The average molecular weight is 177 g/mol. The SMILES string of the molecule is CC(NC1C[C@@H]2C=C[C@H]1C2)C1CC1. The molecule has 2 fully saturated rings. The van der Waals surface area contributed by atoms with Crippen LogP contribution in [0.2, 0.25) is 0 Å². The molecule has 0 aliphatic heterocycles. The maximum atomic E-state index is 3.82. The fraction of sp³-hybridized carbons (Fsp3) is 0.833. The van der Waals surface area contributed by atoms with E-state index in [1.807, 2.05) is 0 Å². The Hall–Kier alpha value is -0.300. The lowest BCUT2D eigenvalue weighted by Crippen LogP contribution is -2.40. The van der Waals surface area contributed by atoms with Gasteiger partial charge in [0.2, 0.25) is 0 Å². The summed E-state index contributed by atoms with van der Waals surface area (Å²) in [7, 11) is 0. The zero-order valence-electron chi connectivity index (χ0n) is 8.37. The highest BCUT2D eigenvalue weighted by Gasteiger charge is 2.38. The Labute approximate surface area is 80.6 Å². The van der Waals surface area contributed by atoms with Gasteiger partial charge in [0.15, 0.2) is 0 Å². The summed E-state index contributed by atoms with van der Waals surface area (Å²) in [5.74, 6) is 2.78. The minimum Gasteiger partial charge on any atom is -0.311 e. The van der Waals surface area contributed by atoms with Crippen molar-refractivity contribution in [3.05, 3.63) is 12.2 Å². The van der Waals surface area contributed by atoms with Crippen LogP contribution < -0.4 is 5.32 Å². The van der Waals surface area contributed by atoms with E-state index in [4.69, 9.17) is 0 Å². The number of fused-ring (bicyclic) bond motifs is 2. The highest BCUT2D eigenvalue weighted by atomic mass is 15.0. The summed E-state index contributed by atoms with van der Waals surface area (Å²) in [5.41, 5.74) is 0. The molecule has 1 nitrogen and oxygen atoms in total. The molecular weight excluding hydrogens is 158 g/mol. The van der Waals surface area contributed by atoms with Crippen molar-refractivity contribution in [1.82, 2.24) is 5.32 Å². The molecule has 72 valence electrons. The summed E-state index contributed by atoms with van der Waals surface area (Å²) in [6, 6.07) is 1.59. The fourth-order valence-corrected chi connectivity index (χ4v) is 3.04. The number of nitrogens with one attached hydrogen (secondary N) is 1. The molecule has 2 saturated carbocycles. The minimum atomic E-state index is 0.776. The second-order valence-electron chi connectivity index (χ2n) is 5.18. The summed E-state index contributed by atoms with van der Waals surface area (Å²) >= 11 is 0. The number of hydrogen-bond donors (Lipinski definition) is 1. The first-order chi connectivity index (χ1) is 6.33. The minimum absolute atomic E-state index is 0.776. The molecule has 3 aliphatic carbocycles. The number of allylic oxidation sites excluding steroid dienone is 1. The molecule has 0 aromatic heterocycles. The van der Waals surface area contributed by atoms with E-state index in [1.54, 1.807) is 0 Å². The quantitative estimate of drug-likeness (QED) is 0.652. The number of rotatable bonds is 3. The molecule has 2 bridgehead atoms. The largest absolute Gasteiger partial charge is 0.311 e. The third-order valence-corrected chi connectivity index (χ3v) is 4.08. The van der Waals surface area contributed by atoms with Gasteiger partial charge in [0, 0.05) is 12.1 Å². The van der Waals surface area contributed by atoms with Gasteiger partial charge in [0.1, 0.15) is 0 Å². The van der Waals surface area contributed by atoms with Crippen LogP contribution in [0.4, 0.5) is 0 Å². The van der Waals surface area contributed by atoms with Gasteiger partial charge in [0.25, 0.3) is 0 Å². The maximum absolute atomic E-state index is 3.82. The molecule has 0 radical (unpaired) electrons. The Morgan fingerprint density at radius 1 is 1.23 bits per heavy atom. The van der Waals surface area contributed by atoms with E-state index in [0.717, 1.165) is 29.8 Å². The van der Waals surface area contributed by atoms with E-state index in [9.17, 15) is 0 Å². The van der Waals surface area contributed by atoms with E-state index in [2.05, 4.69) is 24.4 Å². The topological polar surface area (TPSA) is 12.0 Å². The summed E-state index contributed by atoms with van der Waals surface area (Å²) < 4.78 is 0. The highest BCUT2D eigenvalue weighted by molar-refractivity contribution is 5.13. The van der Waals surface area contributed by atoms with Crippen molar-refractivity contribution in [3.63, 3.8) is 0 Å². The van der Waals surface area contributed by atoms with Gasteiger partial charge in [-0.25, -0.2) is 0 Å². The molecule has 1 N–H and O–H groups in total. The third kappa shape index (κ3) is 1.43. The Morgan fingerprint density at radius 2 is 2.08 bits per heavy atom. The molecule has 0 spiro atoms. The molecule has 0 saturated heterocycles. The van der Waals surface area contributed by atoms with E-state index < -0.39 is 0 Å². The van der Waals surface area contributed by atoms with Crippen LogP contribution in [0.15, 0.2) is 12.2 Å². The van der Waals surface area contributed by atoms with Crippen LogP contribution in [0.1, 0.15) is 32.6 Å². The van der Waals surface area contributed by atoms with E-state index >= 15 is 0 Å². The lowest BCUT2D eigenvalue weighted by Gasteiger charge is -2.24. The molecule has 0 heterocycles. The van der Waals surface area contributed by atoms with Crippen LogP contribution in [0.5, 0.6) is 0 Å². The molecule has 1 heteroatoms. The van der Waals surface area contributed by atoms with Crippen molar-refractivity contribution in [3.8, 4) is 0 Å². The lowest BCUT2D eigenvalue weighted by atomic mass is 10.00. The van der Waals surface area contributed by atoms with Crippen molar-refractivity contribution < 1.29 is 0 Å². The average Bonchev–Trinajstić information content (AvgIpc) is 2.79. The molecule has 0 aromatic carbocycles. The van der Waals surface area contributed by atoms with Crippen molar-refractivity contribution in [2.45, 2.75) is 44.7 Å². The van der Waals surface area contributed by atoms with Crippen molar-refractivity contribution in [2.75, 3.05) is 0 Å². The molecule has 0 aromatic rings. The molecule has 3 rings (SSSR count). The summed E-state index contributed by atoms with van der Waals surface area (Å²) in [5, 5.41) is 3.82. The number of hydrogen-bond acceptors (Lipinski definition) is 1. The molecule has 3 aliphatic rings. The second kappa shape index (κ2) is 2.84. The van der Waals surface area contributed by atoms with Gasteiger partial charge in [-0.05, 0) is 50.4 Å². The molecular formula is C12H19N. The van der Waals surface area contributed by atoms with Crippen LogP contribution in [0.25, 0.3) is 0 Å². The van der Waals surface area contributed by atoms with Crippen molar-refractivity contribution in [1.29, 1.82) is 0 Å². The first-order valence-electron chi connectivity index (χ1n) is 5.77. The molecule has 13 heavy (non-hydrogen) atoms. The van der Waals surface area contributed by atoms with E-state index in [0.29, 0.717) is 0 Å². The predicted molar refractivity (Wildman–Crippen MR) is 54.5 cm³/mol. The first kappa shape index (κ1) is 8.05. The Morgan fingerprint density at radius 3 is 2.62 bits per heavy atom. The van der Waals surface area contributed by atoms with Gasteiger partial charge in [-0.3, -0.25) is 0 Å². The van der Waals surface area contributed by atoms with Crippen molar-refractivity contribution in [2.24, 2.45) is 17.8 Å². The fourth-order valence-electron chi connectivity index (χ4n) is 3.04. The van der Waals surface area contributed by atoms with Gasteiger partial charge in [-0.15, -0.1) is 0 Å². The zero-order chi connectivity index (χ0) is 8.84. The van der Waals surface area contributed by atoms with Gasteiger partial charge in [-0.1, -0.05) is 12.2 Å².